The molecule has 0 bridgehead atoms. The van der Waals surface area contributed by atoms with Gasteiger partial charge in [0.25, 0.3) is 5.91 Å². The van der Waals surface area contributed by atoms with Gasteiger partial charge in [-0.1, -0.05) is 31.3 Å². The van der Waals surface area contributed by atoms with Crippen LogP contribution in [0.15, 0.2) is 47.4 Å². The Morgan fingerprint density at radius 2 is 1.74 bits per heavy atom. The fourth-order valence-corrected chi connectivity index (χ4v) is 7.58. The second-order valence-corrected chi connectivity index (χ2v) is 13.2. The molecule has 0 N–H and O–H groups in total. The van der Waals surface area contributed by atoms with Crippen LogP contribution in [0.2, 0.25) is 0 Å². The lowest BCUT2D eigenvalue weighted by Gasteiger charge is -2.34. The first-order valence-electron chi connectivity index (χ1n) is 12.6. The SMILES string of the molecule is COc1cccc2sc(N(CCCN(C)C)C(=O)c3ccc(S(=O)(=O)N4CC(C)CC(C)C4)cc3)nc12.Cl. The molecule has 38 heavy (non-hydrogen) atoms. The number of carbonyl (C=O) groups excluding carboxylic acids is 1. The fourth-order valence-electron chi connectivity index (χ4n) is 4.90. The number of anilines is 1. The number of methoxy groups -OCH3 is 1. The van der Waals surface area contributed by atoms with E-state index in [-0.39, 0.29) is 23.2 Å². The van der Waals surface area contributed by atoms with Crippen molar-refractivity contribution in [1.82, 2.24) is 14.2 Å². The molecular weight excluding hydrogens is 544 g/mol. The van der Waals surface area contributed by atoms with Crippen LogP contribution in [-0.2, 0) is 10.0 Å². The number of rotatable bonds is 9. The fraction of sp³-hybridized carbons (Fsp3) is 0.481. The van der Waals surface area contributed by atoms with Gasteiger partial charge in [-0.3, -0.25) is 9.69 Å². The second kappa shape index (κ2) is 12.7. The number of hydrogen-bond donors (Lipinski definition) is 0. The maximum atomic E-state index is 13.7. The molecule has 0 spiro atoms. The van der Waals surface area contributed by atoms with Crippen molar-refractivity contribution in [3.63, 3.8) is 0 Å². The summed E-state index contributed by atoms with van der Waals surface area (Å²) in [4.78, 5) is 22.4. The van der Waals surface area contributed by atoms with Gasteiger partial charge >= 0.3 is 0 Å². The lowest BCUT2D eigenvalue weighted by atomic mass is 9.94. The van der Waals surface area contributed by atoms with Crippen LogP contribution in [0.25, 0.3) is 10.2 Å². The Bertz CT molecular complexity index is 1330. The predicted octanol–water partition coefficient (Wildman–Crippen LogP) is 4.99. The largest absolute Gasteiger partial charge is 0.494 e. The minimum absolute atomic E-state index is 0. The highest BCUT2D eigenvalue weighted by Crippen LogP contribution is 2.35. The summed E-state index contributed by atoms with van der Waals surface area (Å²) >= 11 is 1.44. The Hall–Kier alpha value is -2.24. The number of aromatic nitrogens is 1. The summed E-state index contributed by atoms with van der Waals surface area (Å²) in [5.41, 5.74) is 1.15. The molecule has 8 nitrogen and oxygen atoms in total. The first kappa shape index (κ1) is 30.3. The second-order valence-electron chi connectivity index (χ2n) is 10.2. The number of hydrogen-bond acceptors (Lipinski definition) is 7. The third-order valence-corrected chi connectivity index (χ3v) is 9.52. The summed E-state index contributed by atoms with van der Waals surface area (Å²) in [5, 5.41) is 0.594. The Morgan fingerprint density at radius 1 is 1.08 bits per heavy atom. The molecule has 3 aromatic rings. The summed E-state index contributed by atoms with van der Waals surface area (Å²) in [7, 11) is 1.99. The molecule has 1 saturated heterocycles. The lowest BCUT2D eigenvalue weighted by Crippen LogP contribution is -2.42. The van der Waals surface area contributed by atoms with Gasteiger partial charge in [0.1, 0.15) is 11.3 Å². The Labute approximate surface area is 236 Å². The molecule has 0 saturated carbocycles. The monoisotopic (exact) mass is 580 g/mol. The van der Waals surface area contributed by atoms with Gasteiger partial charge in [-0.05, 0) is 81.7 Å². The van der Waals surface area contributed by atoms with Gasteiger partial charge in [-0.15, -0.1) is 12.4 Å². The van der Waals surface area contributed by atoms with Crippen LogP contribution >= 0.6 is 23.7 Å². The van der Waals surface area contributed by atoms with Crippen LogP contribution < -0.4 is 9.64 Å². The Kier molecular flexibility index (Phi) is 10.2. The summed E-state index contributed by atoms with van der Waals surface area (Å²) in [6.45, 7) is 6.53. The maximum Gasteiger partial charge on any atom is 0.260 e. The van der Waals surface area contributed by atoms with E-state index < -0.39 is 10.0 Å². The number of piperidine rings is 1. The normalized spacial score (nSPS) is 18.4. The minimum Gasteiger partial charge on any atom is -0.494 e. The highest BCUT2D eigenvalue weighted by Gasteiger charge is 2.32. The molecule has 1 fully saturated rings. The predicted molar refractivity (Wildman–Crippen MR) is 156 cm³/mol. The van der Waals surface area contributed by atoms with Crippen molar-refractivity contribution in [3.05, 3.63) is 48.0 Å². The third-order valence-electron chi connectivity index (χ3n) is 6.63. The van der Waals surface area contributed by atoms with E-state index >= 15 is 0 Å². The van der Waals surface area contributed by atoms with Gasteiger partial charge in [-0.2, -0.15) is 4.31 Å². The van der Waals surface area contributed by atoms with Crippen molar-refractivity contribution in [2.45, 2.75) is 31.6 Å². The zero-order valence-corrected chi connectivity index (χ0v) is 25.0. The number of fused-ring (bicyclic) bond motifs is 1. The van der Waals surface area contributed by atoms with Crippen LogP contribution in [0.1, 0.15) is 37.0 Å². The highest BCUT2D eigenvalue weighted by molar-refractivity contribution is 7.89. The zero-order chi connectivity index (χ0) is 26.7. The minimum atomic E-state index is -3.61. The molecule has 1 amide bonds. The lowest BCUT2D eigenvalue weighted by molar-refractivity contribution is 0.0986. The van der Waals surface area contributed by atoms with Crippen LogP contribution in [0.3, 0.4) is 0 Å². The van der Waals surface area contributed by atoms with Gasteiger partial charge < -0.3 is 9.64 Å². The number of carbonyl (C=O) groups is 1. The van der Waals surface area contributed by atoms with E-state index in [0.717, 1.165) is 29.6 Å². The molecular formula is C27H37ClN4O4S2. The Morgan fingerprint density at radius 3 is 2.34 bits per heavy atom. The van der Waals surface area contributed by atoms with E-state index in [0.29, 0.717) is 47.9 Å². The van der Waals surface area contributed by atoms with Crippen molar-refractivity contribution in [2.24, 2.45) is 11.8 Å². The first-order chi connectivity index (χ1) is 17.6. The van der Waals surface area contributed by atoms with Crippen LogP contribution in [0, 0.1) is 11.8 Å². The van der Waals surface area contributed by atoms with Gasteiger partial charge in [0.2, 0.25) is 10.0 Å². The summed E-state index contributed by atoms with van der Waals surface area (Å²) < 4.78 is 34.5. The van der Waals surface area contributed by atoms with E-state index in [4.69, 9.17) is 9.72 Å². The average Bonchev–Trinajstić information content (AvgIpc) is 3.29. The van der Waals surface area contributed by atoms with E-state index in [2.05, 4.69) is 18.7 Å². The van der Waals surface area contributed by atoms with Gasteiger partial charge in [-0.25, -0.2) is 13.4 Å². The molecule has 0 aliphatic carbocycles. The summed E-state index contributed by atoms with van der Waals surface area (Å²) in [6.07, 6.45) is 1.80. The molecule has 4 rings (SSSR count). The molecule has 1 aliphatic heterocycles. The van der Waals surface area contributed by atoms with Crippen LogP contribution in [-0.4, -0.2) is 75.9 Å². The smallest absolute Gasteiger partial charge is 0.260 e. The highest BCUT2D eigenvalue weighted by atomic mass is 35.5. The molecule has 2 unspecified atom stereocenters. The number of halogens is 1. The molecule has 1 aliphatic rings. The van der Waals surface area contributed by atoms with Crippen molar-refractivity contribution in [1.29, 1.82) is 0 Å². The van der Waals surface area contributed by atoms with Gasteiger partial charge in [0.15, 0.2) is 5.13 Å². The first-order valence-corrected chi connectivity index (χ1v) is 14.9. The topological polar surface area (TPSA) is 83.0 Å². The molecule has 0 radical (unpaired) electrons. The van der Waals surface area contributed by atoms with Crippen molar-refractivity contribution in [3.8, 4) is 5.75 Å². The van der Waals surface area contributed by atoms with Crippen molar-refractivity contribution < 1.29 is 17.9 Å². The third kappa shape index (κ3) is 6.66. The van der Waals surface area contributed by atoms with Crippen molar-refractivity contribution >= 4 is 55.0 Å². The number of amides is 1. The molecule has 208 valence electrons. The number of sulfonamides is 1. The number of benzene rings is 2. The maximum absolute atomic E-state index is 13.7. The molecule has 1 aromatic heterocycles. The molecule has 2 aromatic carbocycles. The number of ether oxygens (including phenoxy) is 1. The van der Waals surface area contributed by atoms with Gasteiger partial charge in [0, 0.05) is 25.2 Å². The van der Waals surface area contributed by atoms with E-state index in [1.807, 2.05) is 32.3 Å². The standard InChI is InChI=1S/C27H36N4O4S2.ClH/c1-19-16-20(2)18-30(17-19)37(33,34)22-12-10-21(11-13-22)26(32)31(15-7-14-29(3)4)27-28-25-23(35-5)8-6-9-24(25)36-27;/h6,8-13,19-20H,7,14-18H2,1-5H3;1H. The number of thiazole rings is 1. The number of nitrogens with zero attached hydrogens (tertiary/aromatic N) is 4. The van der Waals surface area contributed by atoms with Gasteiger partial charge in [0.05, 0.1) is 16.7 Å². The van der Waals surface area contributed by atoms with E-state index in [9.17, 15) is 13.2 Å². The average molecular weight is 581 g/mol. The molecule has 11 heteroatoms. The summed E-state index contributed by atoms with van der Waals surface area (Å²) in [6, 6.07) is 12.0. The zero-order valence-electron chi connectivity index (χ0n) is 22.6. The number of para-hydroxylation sites is 1. The molecule has 2 atom stereocenters. The van der Waals surface area contributed by atoms with Crippen LogP contribution in [0.5, 0.6) is 5.75 Å². The molecule has 2 heterocycles. The quantitative estimate of drug-likeness (QED) is 0.354. The van der Waals surface area contributed by atoms with E-state index in [1.165, 1.54) is 11.3 Å². The van der Waals surface area contributed by atoms with Crippen molar-refractivity contribution in [2.75, 3.05) is 52.3 Å². The summed E-state index contributed by atoms with van der Waals surface area (Å²) in [5.74, 6) is 1.10. The van der Waals surface area contributed by atoms with E-state index in [1.54, 1.807) is 40.6 Å². The van der Waals surface area contributed by atoms with Crippen LogP contribution in [0.4, 0.5) is 5.13 Å². The Balaban J connectivity index is 0.00000400.